The van der Waals surface area contributed by atoms with Gasteiger partial charge in [0.05, 0.1) is 22.7 Å². The Bertz CT molecular complexity index is 806. The van der Waals surface area contributed by atoms with Crippen molar-refractivity contribution in [2.24, 2.45) is 0 Å². The zero-order chi connectivity index (χ0) is 18.1. The van der Waals surface area contributed by atoms with Crippen LogP contribution in [0.15, 0.2) is 24.4 Å². The van der Waals surface area contributed by atoms with E-state index < -0.39 is 11.8 Å². The molecule has 25 heavy (non-hydrogen) atoms. The molecule has 0 saturated heterocycles. The minimum atomic E-state index is -0.544. The van der Waals surface area contributed by atoms with Gasteiger partial charge in [0.15, 0.2) is 0 Å². The van der Waals surface area contributed by atoms with Gasteiger partial charge in [0, 0.05) is 18.4 Å². The average Bonchev–Trinajstić information content (AvgIpc) is 2.59. The number of rotatable bonds is 3. The van der Waals surface area contributed by atoms with Gasteiger partial charge in [0.2, 0.25) is 0 Å². The van der Waals surface area contributed by atoms with E-state index in [1.165, 1.54) is 6.07 Å². The third-order valence-electron chi connectivity index (χ3n) is 4.35. The van der Waals surface area contributed by atoms with Crippen molar-refractivity contribution in [1.29, 1.82) is 0 Å². The lowest BCUT2D eigenvalue weighted by Crippen LogP contribution is -2.34. The number of nitrogens with zero attached hydrogens (tertiary/aromatic N) is 2. The highest BCUT2D eigenvalue weighted by atomic mass is 35.5. The van der Waals surface area contributed by atoms with Crippen LogP contribution in [-0.2, 0) is 11.2 Å². The number of halogens is 3. The monoisotopic (exact) mass is 382 g/mol. The fourth-order valence-corrected chi connectivity index (χ4v) is 3.39. The summed E-state index contributed by atoms with van der Waals surface area (Å²) in [5.41, 5.74) is 3.01. The number of hydrogen-bond donors (Lipinski definition) is 0. The van der Waals surface area contributed by atoms with E-state index in [0.29, 0.717) is 31.0 Å². The molecule has 0 N–H and O–H groups in total. The standard InChI is InChI=1S/C18H17Cl2FN2O2/c1-3-25-18(24)16-6-11-4-5-23(10(2)13(11)9-22-16)12-7-14(19)17(20)15(21)8-12/h6-10H,3-5H2,1-2H3. The molecule has 0 aliphatic carbocycles. The molecule has 0 radical (unpaired) electrons. The summed E-state index contributed by atoms with van der Waals surface area (Å²) < 4.78 is 18.9. The lowest BCUT2D eigenvalue weighted by molar-refractivity contribution is 0.0519. The molecule has 0 saturated carbocycles. The molecule has 1 unspecified atom stereocenters. The fourth-order valence-electron chi connectivity index (χ4n) is 3.08. The fraction of sp³-hybridized carbons (Fsp3) is 0.333. The average molecular weight is 383 g/mol. The summed E-state index contributed by atoms with van der Waals surface area (Å²) in [5, 5.41) is 0.113. The van der Waals surface area contributed by atoms with Crippen molar-refractivity contribution in [2.75, 3.05) is 18.1 Å². The van der Waals surface area contributed by atoms with Crippen molar-refractivity contribution in [3.63, 3.8) is 0 Å². The molecule has 132 valence electrons. The molecular weight excluding hydrogens is 366 g/mol. The molecular formula is C18H17Cl2FN2O2. The Labute approximate surface area is 155 Å². The number of hydrogen-bond acceptors (Lipinski definition) is 4. The summed E-state index contributed by atoms with van der Waals surface area (Å²) in [5.74, 6) is -0.968. The summed E-state index contributed by atoms with van der Waals surface area (Å²) in [4.78, 5) is 18.1. The number of benzene rings is 1. The van der Waals surface area contributed by atoms with Gasteiger partial charge in [-0.3, -0.25) is 0 Å². The zero-order valence-corrected chi connectivity index (χ0v) is 15.4. The van der Waals surface area contributed by atoms with Crippen LogP contribution in [0.1, 0.15) is 41.5 Å². The molecule has 2 heterocycles. The molecule has 3 rings (SSSR count). The Morgan fingerprint density at radius 2 is 2.16 bits per heavy atom. The lowest BCUT2D eigenvalue weighted by Gasteiger charge is -2.37. The van der Waals surface area contributed by atoms with E-state index in [4.69, 9.17) is 27.9 Å². The van der Waals surface area contributed by atoms with Crippen LogP contribution in [0.25, 0.3) is 0 Å². The first-order valence-corrected chi connectivity index (χ1v) is 8.75. The van der Waals surface area contributed by atoms with Crippen LogP contribution >= 0.6 is 23.2 Å². The molecule has 0 fully saturated rings. The van der Waals surface area contributed by atoms with Crippen molar-refractivity contribution in [1.82, 2.24) is 4.98 Å². The molecule has 0 spiro atoms. The van der Waals surface area contributed by atoms with Crippen LogP contribution in [0.5, 0.6) is 0 Å². The van der Waals surface area contributed by atoms with Crippen molar-refractivity contribution in [3.05, 3.63) is 57.1 Å². The second kappa shape index (κ2) is 7.18. The van der Waals surface area contributed by atoms with E-state index in [-0.39, 0.29) is 16.1 Å². The molecule has 1 aromatic heterocycles. The third-order valence-corrected chi connectivity index (χ3v) is 5.13. The summed E-state index contributed by atoms with van der Waals surface area (Å²) in [6.07, 6.45) is 2.39. The largest absolute Gasteiger partial charge is 0.461 e. The number of carbonyl (C=O) groups is 1. The van der Waals surface area contributed by atoms with Crippen LogP contribution < -0.4 is 4.90 Å². The molecule has 1 aliphatic heterocycles. The predicted octanol–water partition coefficient (Wildman–Crippen LogP) is 4.83. The smallest absolute Gasteiger partial charge is 0.356 e. The number of ether oxygens (including phenoxy) is 1. The van der Waals surface area contributed by atoms with Gasteiger partial charge in [-0.2, -0.15) is 0 Å². The number of esters is 1. The quantitative estimate of drug-likeness (QED) is 0.563. The summed E-state index contributed by atoms with van der Waals surface area (Å²) in [6, 6.07) is 4.78. The predicted molar refractivity (Wildman–Crippen MR) is 96.1 cm³/mol. The highest BCUT2D eigenvalue weighted by molar-refractivity contribution is 6.42. The first-order chi connectivity index (χ1) is 11.9. The lowest BCUT2D eigenvalue weighted by atomic mass is 9.94. The Hall–Kier alpha value is -1.85. The summed E-state index contributed by atoms with van der Waals surface area (Å²) >= 11 is 11.8. The maximum absolute atomic E-state index is 13.9. The van der Waals surface area contributed by atoms with Crippen LogP contribution in [0.4, 0.5) is 10.1 Å². The second-order valence-electron chi connectivity index (χ2n) is 5.83. The number of fused-ring (bicyclic) bond motifs is 1. The number of aromatic nitrogens is 1. The van der Waals surface area contributed by atoms with Crippen LogP contribution in [0.3, 0.4) is 0 Å². The van der Waals surface area contributed by atoms with Crippen molar-refractivity contribution in [2.45, 2.75) is 26.3 Å². The minimum Gasteiger partial charge on any atom is -0.461 e. The zero-order valence-electron chi connectivity index (χ0n) is 13.9. The Balaban J connectivity index is 1.91. The van der Waals surface area contributed by atoms with Crippen molar-refractivity contribution >= 4 is 34.9 Å². The highest BCUT2D eigenvalue weighted by Gasteiger charge is 2.26. The van der Waals surface area contributed by atoms with Gasteiger partial charge >= 0.3 is 5.97 Å². The van der Waals surface area contributed by atoms with Gasteiger partial charge in [0.1, 0.15) is 11.5 Å². The molecule has 7 heteroatoms. The van der Waals surface area contributed by atoms with Gasteiger partial charge in [0.25, 0.3) is 0 Å². The highest BCUT2D eigenvalue weighted by Crippen LogP contribution is 2.37. The maximum atomic E-state index is 13.9. The molecule has 2 aromatic rings. The van der Waals surface area contributed by atoms with Crippen molar-refractivity contribution in [3.8, 4) is 0 Å². The van der Waals surface area contributed by atoms with E-state index in [0.717, 1.165) is 11.1 Å². The Morgan fingerprint density at radius 3 is 2.84 bits per heavy atom. The first-order valence-electron chi connectivity index (χ1n) is 7.99. The molecule has 1 aromatic carbocycles. The molecule has 0 bridgehead atoms. The van der Waals surface area contributed by atoms with E-state index >= 15 is 0 Å². The van der Waals surface area contributed by atoms with Crippen molar-refractivity contribution < 1.29 is 13.9 Å². The normalized spacial score (nSPS) is 16.5. The molecule has 0 amide bonds. The van der Waals surface area contributed by atoms with E-state index in [1.54, 1.807) is 25.3 Å². The van der Waals surface area contributed by atoms with Crippen LogP contribution in [0, 0.1) is 5.82 Å². The van der Waals surface area contributed by atoms with Gasteiger partial charge in [-0.05, 0) is 49.6 Å². The van der Waals surface area contributed by atoms with Gasteiger partial charge in [-0.25, -0.2) is 14.2 Å². The number of anilines is 1. The van der Waals surface area contributed by atoms with Gasteiger partial charge in [-0.1, -0.05) is 23.2 Å². The third kappa shape index (κ3) is 3.44. The van der Waals surface area contributed by atoms with Crippen LogP contribution in [-0.4, -0.2) is 24.1 Å². The SMILES string of the molecule is CCOC(=O)c1cc2c(cn1)C(C)N(c1cc(F)c(Cl)c(Cl)c1)CC2. The second-order valence-corrected chi connectivity index (χ2v) is 6.62. The Morgan fingerprint density at radius 1 is 1.40 bits per heavy atom. The van der Waals surface area contributed by atoms with Gasteiger partial charge < -0.3 is 9.64 Å². The van der Waals surface area contributed by atoms with Gasteiger partial charge in [-0.15, -0.1) is 0 Å². The molecule has 1 atom stereocenters. The Kier molecular flexibility index (Phi) is 5.16. The summed E-state index contributed by atoms with van der Waals surface area (Å²) in [6.45, 7) is 4.74. The number of carbonyl (C=O) groups excluding carboxylic acids is 1. The molecule has 1 aliphatic rings. The van der Waals surface area contributed by atoms with E-state index in [1.807, 2.05) is 11.8 Å². The van der Waals surface area contributed by atoms with E-state index in [2.05, 4.69) is 4.98 Å². The van der Waals surface area contributed by atoms with E-state index in [9.17, 15) is 9.18 Å². The van der Waals surface area contributed by atoms with Crippen LogP contribution in [0.2, 0.25) is 10.0 Å². The topological polar surface area (TPSA) is 42.4 Å². The summed E-state index contributed by atoms with van der Waals surface area (Å²) in [7, 11) is 0. The first kappa shape index (κ1) is 18.0. The minimum absolute atomic E-state index is 0.0378. The maximum Gasteiger partial charge on any atom is 0.356 e. The number of pyridine rings is 1. The molecule has 4 nitrogen and oxygen atoms in total.